The molecular weight excluding hydrogens is 522 g/mol. The van der Waals surface area contributed by atoms with Crippen molar-refractivity contribution in [3.63, 3.8) is 0 Å². The molecule has 5 heterocycles. The lowest BCUT2D eigenvalue weighted by atomic mass is 9.64. The van der Waals surface area contributed by atoms with Gasteiger partial charge in [0.1, 0.15) is 6.07 Å². The molecule has 2 aliphatic rings. The Morgan fingerprint density at radius 2 is 1.95 bits per heavy atom. The molecule has 10 nitrogen and oxygen atoms in total. The van der Waals surface area contributed by atoms with E-state index in [2.05, 4.69) is 57.7 Å². The largest absolute Gasteiger partial charge is 0.382 e. The fourth-order valence-electron chi connectivity index (χ4n) is 6.35. The SMILES string of the molecule is CC(=O)NC1(C)C2CCCC1CN(c1nnc(-c3cnc(-c4ccc5cc(C#N)cnn45)cc3NC(C)C)s1)C2. The van der Waals surface area contributed by atoms with Gasteiger partial charge in [0.2, 0.25) is 11.0 Å². The second-order valence-electron chi connectivity index (χ2n) is 11.4. The van der Waals surface area contributed by atoms with Gasteiger partial charge in [-0.25, -0.2) is 4.52 Å². The number of amides is 1. The van der Waals surface area contributed by atoms with Crippen LogP contribution < -0.4 is 15.5 Å². The van der Waals surface area contributed by atoms with Crippen molar-refractivity contribution in [1.29, 1.82) is 5.26 Å². The predicted molar refractivity (Wildman–Crippen MR) is 156 cm³/mol. The van der Waals surface area contributed by atoms with E-state index in [-0.39, 0.29) is 17.5 Å². The van der Waals surface area contributed by atoms with Gasteiger partial charge in [0.15, 0.2) is 5.01 Å². The molecule has 0 aromatic carbocycles. The topological polar surface area (TPSA) is 124 Å². The Balaban J connectivity index is 1.30. The first-order chi connectivity index (χ1) is 19.2. The highest BCUT2D eigenvalue weighted by Crippen LogP contribution is 2.45. The van der Waals surface area contributed by atoms with E-state index in [1.54, 1.807) is 29.0 Å². The first kappa shape index (κ1) is 26.2. The molecule has 0 spiro atoms. The fraction of sp³-hybridized carbons (Fsp3) is 0.448. The molecule has 2 N–H and O–H groups in total. The summed E-state index contributed by atoms with van der Waals surface area (Å²) in [5, 5.41) is 31.4. The molecule has 2 unspecified atom stereocenters. The van der Waals surface area contributed by atoms with Gasteiger partial charge in [-0.15, -0.1) is 10.2 Å². The molecule has 11 heteroatoms. The standard InChI is InChI=1S/C29H33N9OS/c1-17(2)33-24-11-25(26-9-8-22-10-19(12-30)13-32-38(22)26)31-14-23(24)27-35-36-28(40-27)37-15-20-6-5-7-21(16-37)29(20,4)34-18(3)39/h8-11,13-14,17,20-21H,5-7,15-16H2,1-4H3,(H,31,33)(H,34,39). The van der Waals surface area contributed by atoms with E-state index in [9.17, 15) is 10.1 Å². The van der Waals surface area contributed by atoms with Gasteiger partial charge in [0.05, 0.1) is 34.2 Å². The summed E-state index contributed by atoms with van der Waals surface area (Å²) >= 11 is 1.58. The van der Waals surface area contributed by atoms with Crippen LogP contribution in [0, 0.1) is 23.2 Å². The lowest BCUT2D eigenvalue weighted by Crippen LogP contribution is -2.66. The first-order valence-corrected chi connectivity index (χ1v) is 14.6. The second kappa shape index (κ2) is 10.2. The number of aromatic nitrogens is 5. The third-order valence-electron chi connectivity index (χ3n) is 8.28. The van der Waals surface area contributed by atoms with Crippen molar-refractivity contribution in [2.75, 3.05) is 23.3 Å². The van der Waals surface area contributed by atoms with Crippen LogP contribution in [0.2, 0.25) is 0 Å². The number of anilines is 2. The molecule has 1 amide bonds. The highest BCUT2D eigenvalue weighted by Gasteiger charge is 2.49. The van der Waals surface area contributed by atoms with Gasteiger partial charge in [-0.05, 0) is 69.7 Å². The van der Waals surface area contributed by atoms with E-state index in [4.69, 9.17) is 4.98 Å². The molecule has 4 aromatic heterocycles. The summed E-state index contributed by atoms with van der Waals surface area (Å²) in [5.74, 6) is 0.804. The van der Waals surface area contributed by atoms with E-state index < -0.39 is 0 Å². The lowest BCUT2D eigenvalue weighted by Gasteiger charge is -2.54. The smallest absolute Gasteiger partial charge is 0.217 e. The third kappa shape index (κ3) is 4.66. The summed E-state index contributed by atoms with van der Waals surface area (Å²) in [7, 11) is 0. The van der Waals surface area contributed by atoms with Crippen LogP contribution in [0.1, 0.15) is 52.5 Å². The van der Waals surface area contributed by atoms with Crippen LogP contribution in [0.25, 0.3) is 27.5 Å². The molecule has 1 aliphatic heterocycles. The Hall–Kier alpha value is -4.04. The first-order valence-electron chi connectivity index (χ1n) is 13.8. The number of hydrogen-bond donors (Lipinski definition) is 2. The molecular formula is C29H33N9OS. The maximum Gasteiger partial charge on any atom is 0.217 e. The van der Waals surface area contributed by atoms with E-state index in [0.717, 1.165) is 64.2 Å². The van der Waals surface area contributed by atoms with Gasteiger partial charge in [-0.1, -0.05) is 17.8 Å². The Kier molecular flexibility index (Phi) is 6.66. The highest BCUT2D eigenvalue weighted by atomic mass is 32.1. The maximum absolute atomic E-state index is 12.0. The molecule has 1 saturated heterocycles. The summed E-state index contributed by atoms with van der Waals surface area (Å²) in [6.45, 7) is 9.76. The van der Waals surface area contributed by atoms with Crippen molar-refractivity contribution in [2.24, 2.45) is 11.8 Å². The van der Waals surface area contributed by atoms with Crippen molar-refractivity contribution < 1.29 is 4.79 Å². The van der Waals surface area contributed by atoms with Gasteiger partial charge < -0.3 is 15.5 Å². The number of carbonyl (C=O) groups is 1. The summed E-state index contributed by atoms with van der Waals surface area (Å²) in [6, 6.07) is 10.1. The average Bonchev–Trinajstić information content (AvgIpc) is 3.55. The molecule has 1 aliphatic carbocycles. The minimum Gasteiger partial charge on any atom is -0.382 e. The quantitative estimate of drug-likeness (QED) is 0.350. The summed E-state index contributed by atoms with van der Waals surface area (Å²) in [4.78, 5) is 19.1. The molecule has 6 rings (SSSR count). The number of hydrogen-bond acceptors (Lipinski definition) is 9. The van der Waals surface area contributed by atoms with Crippen LogP contribution in [-0.2, 0) is 4.79 Å². The van der Waals surface area contributed by atoms with Crippen molar-refractivity contribution in [2.45, 2.75) is 58.5 Å². The summed E-state index contributed by atoms with van der Waals surface area (Å²) in [6.07, 6.45) is 6.82. The molecule has 2 fully saturated rings. The van der Waals surface area contributed by atoms with E-state index in [1.165, 1.54) is 6.42 Å². The van der Waals surface area contributed by atoms with Crippen LogP contribution in [0.4, 0.5) is 10.8 Å². The Morgan fingerprint density at radius 3 is 2.65 bits per heavy atom. The highest BCUT2D eigenvalue weighted by molar-refractivity contribution is 7.18. The van der Waals surface area contributed by atoms with Crippen LogP contribution in [0.3, 0.4) is 0 Å². The number of rotatable bonds is 6. The minimum atomic E-state index is -0.170. The maximum atomic E-state index is 12.0. The van der Waals surface area contributed by atoms with Crippen LogP contribution in [-0.4, -0.2) is 55.4 Å². The van der Waals surface area contributed by atoms with Crippen molar-refractivity contribution in [3.05, 3.63) is 42.2 Å². The number of nitrogens with one attached hydrogen (secondary N) is 2. The average molecular weight is 556 g/mol. The minimum absolute atomic E-state index is 0.0445. The van der Waals surface area contributed by atoms with E-state index in [0.29, 0.717) is 17.4 Å². The fourth-order valence-corrected chi connectivity index (χ4v) is 7.24. The normalized spacial score (nSPS) is 22.4. The van der Waals surface area contributed by atoms with Crippen LogP contribution in [0.5, 0.6) is 0 Å². The third-order valence-corrected chi connectivity index (χ3v) is 9.30. The van der Waals surface area contributed by atoms with Gasteiger partial charge in [-0.3, -0.25) is 9.78 Å². The lowest BCUT2D eigenvalue weighted by molar-refractivity contribution is -0.123. The van der Waals surface area contributed by atoms with E-state index in [1.807, 2.05) is 30.5 Å². The van der Waals surface area contributed by atoms with Crippen molar-refractivity contribution in [1.82, 2.24) is 30.1 Å². The number of nitrogens with zero attached hydrogens (tertiary/aromatic N) is 7. The Bertz CT molecular complexity index is 1600. The zero-order valence-electron chi connectivity index (χ0n) is 23.2. The molecule has 2 atom stereocenters. The molecule has 40 heavy (non-hydrogen) atoms. The number of pyridine rings is 1. The number of nitriles is 1. The zero-order valence-corrected chi connectivity index (χ0v) is 24.0. The van der Waals surface area contributed by atoms with E-state index >= 15 is 0 Å². The molecule has 206 valence electrons. The Morgan fingerprint density at radius 1 is 1.18 bits per heavy atom. The van der Waals surface area contributed by atoms with Gasteiger partial charge in [0.25, 0.3) is 0 Å². The molecule has 0 radical (unpaired) electrons. The number of fused-ring (bicyclic) bond motifs is 3. The van der Waals surface area contributed by atoms with Crippen LogP contribution >= 0.6 is 11.3 Å². The van der Waals surface area contributed by atoms with Crippen molar-refractivity contribution >= 4 is 33.6 Å². The molecule has 2 bridgehead atoms. The summed E-state index contributed by atoms with van der Waals surface area (Å²) < 4.78 is 1.80. The second-order valence-corrected chi connectivity index (χ2v) is 12.4. The zero-order chi connectivity index (χ0) is 28.0. The number of carbonyl (C=O) groups excluding carboxylic acids is 1. The van der Waals surface area contributed by atoms with Gasteiger partial charge in [-0.2, -0.15) is 10.4 Å². The Labute approximate surface area is 237 Å². The monoisotopic (exact) mass is 555 g/mol. The predicted octanol–water partition coefficient (Wildman–Crippen LogP) is 4.74. The summed E-state index contributed by atoms with van der Waals surface area (Å²) in [5.41, 5.74) is 4.64. The van der Waals surface area contributed by atoms with Crippen LogP contribution in [0.15, 0.2) is 36.7 Å². The van der Waals surface area contributed by atoms with Crippen molar-refractivity contribution in [3.8, 4) is 28.0 Å². The molecule has 4 aromatic rings. The number of piperidine rings is 1. The van der Waals surface area contributed by atoms with Gasteiger partial charge >= 0.3 is 0 Å². The van der Waals surface area contributed by atoms with Gasteiger partial charge in [0, 0.05) is 43.5 Å². The molecule has 1 saturated carbocycles.